The molecule has 2 atom stereocenters. The second kappa shape index (κ2) is 7.75. The Labute approximate surface area is 120 Å². The van der Waals surface area contributed by atoms with Crippen LogP contribution in [0.5, 0.6) is 5.75 Å². The van der Waals surface area contributed by atoms with E-state index >= 15 is 0 Å². The van der Waals surface area contributed by atoms with E-state index in [9.17, 15) is 4.79 Å². The van der Waals surface area contributed by atoms with Crippen LogP contribution in [0.15, 0.2) is 18.2 Å². The third kappa shape index (κ3) is 4.74. The Morgan fingerprint density at radius 1 is 1.50 bits per heavy atom. The van der Waals surface area contributed by atoms with Gasteiger partial charge in [-0.05, 0) is 37.5 Å². The molecule has 0 aliphatic rings. The van der Waals surface area contributed by atoms with E-state index in [-0.39, 0.29) is 6.04 Å². The highest BCUT2D eigenvalue weighted by atomic mass is 16.5. The Hall–Kier alpha value is -1.75. The summed E-state index contributed by atoms with van der Waals surface area (Å²) in [4.78, 5) is 11.1. The van der Waals surface area contributed by atoms with Crippen molar-refractivity contribution in [1.82, 2.24) is 5.32 Å². The smallest absolute Gasteiger partial charge is 0.320 e. The van der Waals surface area contributed by atoms with Gasteiger partial charge in [-0.15, -0.1) is 0 Å². The van der Waals surface area contributed by atoms with Gasteiger partial charge in [0.25, 0.3) is 0 Å². The summed E-state index contributed by atoms with van der Waals surface area (Å²) in [6, 6.07) is 5.22. The van der Waals surface area contributed by atoms with Crippen LogP contribution >= 0.6 is 0 Å². The Morgan fingerprint density at radius 3 is 2.70 bits per heavy atom. The lowest BCUT2D eigenvalue weighted by Crippen LogP contribution is -2.42. The van der Waals surface area contributed by atoms with Gasteiger partial charge in [-0.1, -0.05) is 19.4 Å². The molecule has 112 valence electrons. The number of nitrogens with two attached hydrogens (primary N) is 1. The number of ether oxygens (including phenoxy) is 1. The lowest BCUT2D eigenvalue weighted by molar-refractivity contribution is -0.139. The maximum absolute atomic E-state index is 11.1. The summed E-state index contributed by atoms with van der Waals surface area (Å²) in [5.74, 6) is -0.142. The SMILES string of the molecule is CCCC(NC(C)Cc1ccc(OC)c(N)c1)C(=O)O. The monoisotopic (exact) mass is 280 g/mol. The molecular weight excluding hydrogens is 256 g/mol. The van der Waals surface area contributed by atoms with Crippen LogP contribution in [-0.4, -0.2) is 30.3 Å². The molecule has 5 heteroatoms. The van der Waals surface area contributed by atoms with Gasteiger partial charge in [0.05, 0.1) is 12.8 Å². The van der Waals surface area contributed by atoms with Crippen molar-refractivity contribution in [3.05, 3.63) is 23.8 Å². The number of anilines is 1. The third-order valence-corrected chi connectivity index (χ3v) is 3.20. The van der Waals surface area contributed by atoms with Crippen LogP contribution in [0.2, 0.25) is 0 Å². The van der Waals surface area contributed by atoms with Crippen molar-refractivity contribution in [2.24, 2.45) is 0 Å². The zero-order valence-electron chi connectivity index (χ0n) is 12.3. The van der Waals surface area contributed by atoms with E-state index in [0.29, 0.717) is 17.9 Å². The molecule has 0 saturated carbocycles. The highest BCUT2D eigenvalue weighted by Crippen LogP contribution is 2.22. The van der Waals surface area contributed by atoms with Crippen LogP contribution in [-0.2, 0) is 11.2 Å². The molecule has 1 aromatic carbocycles. The second-order valence-electron chi connectivity index (χ2n) is 5.03. The van der Waals surface area contributed by atoms with Crippen LogP contribution in [0.3, 0.4) is 0 Å². The zero-order valence-corrected chi connectivity index (χ0v) is 12.3. The molecule has 0 amide bonds. The minimum atomic E-state index is -0.798. The number of methoxy groups -OCH3 is 1. The Balaban J connectivity index is 2.63. The summed E-state index contributed by atoms with van der Waals surface area (Å²) in [5.41, 5.74) is 7.52. The number of hydrogen-bond donors (Lipinski definition) is 3. The Morgan fingerprint density at radius 2 is 2.20 bits per heavy atom. The molecular formula is C15H24N2O3. The normalized spacial score (nSPS) is 13.8. The molecule has 0 saturated heterocycles. The van der Waals surface area contributed by atoms with Gasteiger partial charge in [-0.2, -0.15) is 0 Å². The van der Waals surface area contributed by atoms with Gasteiger partial charge in [-0.3, -0.25) is 4.79 Å². The standard InChI is InChI=1S/C15H24N2O3/c1-4-5-13(15(18)19)17-10(2)8-11-6-7-14(20-3)12(16)9-11/h6-7,9-10,13,17H,4-5,8,16H2,1-3H3,(H,18,19). The quantitative estimate of drug-likeness (QED) is 0.635. The number of hydrogen-bond acceptors (Lipinski definition) is 4. The second-order valence-corrected chi connectivity index (χ2v) is 5.03. The average Bonchev–Trinajstić information content (AvgIpc) is 2.38. The minimum absolute atomic E-state index is 0.0652. The number of carbonyl (C=O) groups is 1. The van der Waals surface area contributed by atoms with E-state index in [2.05, 4.69) is 5.32 Å². The molecule has 0 spiro atoms. The molecule has 4 N–H and O–H groups in total. The van der Waals surface area contributed by atoms with Gasteiger partial charge in [-0.25, -0.2) is 0 Å². The summed E-state index contributed by atoms with van der Waals surface area (Å²) < 4.78 is 5.11. The maximum Gasteiger partial charge on any atom is 0.320 e. The number of aliphatic carboxylic acids is 1. The molecule has 2 unspecified atom stereocenters. The van der Waals surface area contributed by atoms with E-state index in [1.165, 1.54) is 0 Å². The van der Waals surface area contributed by atoms with E-state index < -0.39 is 12.0 Å². The lowest BCUT2D eigenvalue weighted by atomic mass is 10.0. The molecule has 0 aliphatic heterocycles. The van der Waals surface area contributed by atoms with E-state index in [0.717, 1.165) is 18.4 Å². The van der Waals surface area contributed by atoms with Crippen LogP contribution in [0.1, 0.15) is 32.3 Å². The summed E-state index contributed by atoms with van der Waals surface area (Å²) >= 11 is 0. The van der Waals surface area contributed by atoms with Gasteiger partial charge in [0.2, 0.25) is 0 Å². The van der Waals surface area contributed by atoms with Gasteiger partial charge < -0.3 is 20.9 Å². The van der Waals surface area contributed by atoms with Gasteiger partial charge in [0.1, 0.15) is 11.8 Å². The number of rotatable bonds is 8. The van der Waals surface area contributed by atoms with Crippen LogP contribution in [0, 0.1) is 0 Å². The number of carboxylic acid groups (broad SMARTS) is 1. The molecule has 0 heterocycles. The molecule has 1 aromatic rings. The predicted molar refractivity (Wildman–Crippen MR) is 80.0 cm³/mol. The van der Waals surface area contributed by atoms with Crippen molar-refractivity contribution >= 4 is 11.7 Å². The average molecular weight is 280 g/mol. The first kappa shape index (κ1) is 16.3. The number of benzene rings is 1. The van der Waals surface area contributed by atoms with E-state index in [1.54, 1.807) is 7.11 Å². The highest BCUT2D eigenvalue weighted by Gasteiger charge is 2.18. The molecule has 0 fully saturated rings. The fourth-order valence-corrected chi connectivity index (χ4v) is 2.23. The van der Waals surface area contributed by atoms with Crippen LogP contribution in [0.25, 0.3) is 0 Å². The Bertz CT molecular complexity index is 449. The van der Waals surface area contributed by atoms with Crippen molar-refractivity contribution < 1.29 is 14.6 Å². The molecule has 20 heavy (non-hydrogen) atoms. The largest absolute Gasteiger partial charge is 0.495 e. The molecule has 0 radical (unpaired) electrons. The fraction of sp³-hybridized carbons (Fsp3) is 0.533. The first-order valence-corrected chi connectivity index (χ1v) is 6.89. The van der Waals surface area contributed by atoms with Crippen LogP contribution < -0.4 is 15.8 Å². The molecule has 1 rings (SSSR count). The Kier molecular flexibility index (Phi) is 6.31. The van der Waals surface area contributed by atoms with Crippen molar-refractivity contribution in [3.8, 4) is 5.75 Å². The van der Waals surface area contributed by atoms with Gasteiger partial charge in [0.15, 0.2) is 0 Å². The van der Waals surface area contributed by atoms with Gasteiger partial charge >= 0.3 is 5.97 Å². The van der Waals surface area contributed by atoms with Crippen molar-refractivity contribution in [1.29, 1.82) is 0 Å². The van der Waals surface area contributed by atoms with E-state index in [4.69, 9.17) is 15.6 Å². The summed E-state index contributed by atoms with van der Waals surface area (Å²) in [6.07, 6.45) is 2.19. The van der Waals surface area contributed by atoms with Crippen molar-refractivity contribution in [2.45, 2.75) is 45.2 Å². The summed E-state index contributed by atoms with van der Waals surface area (Å²) in [5, 5.41) is 12.3. The molecule has 0 aromatic heterocycles. The topological polar surface area (TPSA) is 84.6 Å². The van der Waals surface area contributed by atoms with Crippen molar-refractivity contribution in [3.63, 3.8) is 0 Å². The molecule has 0 aliphatic carbocycles. The number of carboxylic acids is 1. The lowest BCUT2D eigenvalue weighted by Gasteiger charge is -2.20. The van der Waals surface area contributed by atoms with Gasteiger partial charge in [0, 0.05) is 6.04 Å². The summed E-state index contributed by atoms with van der Waals surface area (Å²) in [6.45, 7) is 3.96. The van der Waals surface area contributed by atoms with E-state index in [1.807, 2.05) is 32.0 Å². The first-order chi connectivity index (χ1) is 9.47. The summed E-state index contributed by atoms with van der Waals surface area (Å²) in [7, 11) is 1.58. The highest BCUT2D eigenvalue weighted by molar-refractivity contribution is 5.73. The van der Waals surface area contributed by atoms with Crippen LogP contribution in [0.4, 0.5) is 5.69 Å². The number of nitrogen functional groups attached to an aromatic ring is 1. The molecule has 5 nitrogen and oxygen atoms in total. The zero-order chi connectivity index (χ0) is 15.1. The first-order valence-electron chi connectivity index (χ1n) is 6.89. The third-order valence-electron chi connectivity index (χ3n) is 3.20. The minimum Gasteiger partial charge on any atom is -0.495 e. The van der Waals surface area contributed by atoms with Crippen molar-refractivity contribution in [2.75, 3.05) is 12.8 Å². The fourth-order valence-electron chi connectivity index (χ4n) is 2.23. The predicted octanol–water partition coefficient (Wildman–Crippen LogP) is 2.05. The maximum atomic E-state index is 11.1. The number of nitrogens with one attached hydrogen (secondary N) is 1. The molecule has 0 bridgehead atoms.